The van der Waals surface area contributed by atoms with Crippen molar-refractivity contribution in [1.29, 1.82) is 0 Å². The molecule has 0 radical (unpaired) electrons. The minimum absolute atomic E-state index is 0.00558. The molecule has 0 unspecified atom stereocenters. The quantitative estimate of drug-likeness (QED) is 0.524. The Balaban J connectivity index is 1.63. The summed E-state index contributed by atoms with van der Waals surface area (Å²) in [6.45, 7) is 4.30. The van der Waals surface area contributed by atoms with Gasteiger partial charge in [-0.1, -0.05) is 48.5 Å². The van der Waals surface area contributed by atoms with Gasteiger partial charge in [-0.05, 0) is 31.4 Å². The normalized spacial score (nSPS) is 15.3. The van der Waals surface area contributed by atoms with Crippen molar-refractivity contribution in [2.45, 2.75) is 38.7 Å². The number of carbonyl (C=O) groups excluding carboxylic acids is 3. The zero-order valence-corrected chi connectivity index (χ0v) is 18.8. The second-order valence-corrected chi connectivity index (χ2v) is 8.16. The van der Waals surface area contributed by atoms with Gasteiger partial charge in [0.05, 0.1) is 17.6 Å². The minimum atomic E-state index is -0.864. The predicted molar refractivity (Wildman–Crippen MR) is 122 cm³/mol. The van der Waals surface area contributed by atoms with E-state index < -0.39 is 11.4 Å². The van der Waals surface area contributed by atoms with Gasteiger partial charge in [-0.25, -0.2) is 4.79 Å². The lowest BCUT2D eigenvalue weighted by Gasteiger charge is -2.40. The fourth-order valence-electron chi connectivity index (χ4n) is 4.45. The van der Waals surface area contributed by atoms with Crippen molar-refractivity contribution in [1.82, 2.24) is 4.90 Å². The third kappa shape index (κ3) is 4.35. The number of carbonyl (C=O) groups is 3. The SMILES string of the molecule is CCOC(=O)c1oc2ccccc2c1COC(=O)C1(c2ccccc2)CCN(C(C)=O)CC1. The number of fused-ring (bicyclic) bond motifs is 1. The maximum atomic E-state index is 13.6. The van der Waals surface area contributed by atoms with Crippen molar-refractivity contribution < 1.29 is 28.3 Å². The molecule has 2 heterocycles. The number of para-hydroxylation sites is 1. The van der Waals surface area contributed by atoms with Crippen LogP contribution in [0, 0.1) is 0 Å². The molecule has 3 aromatic rings. The molecule has 0 bridgehead atoms. The molecule has 0 aliphatic carbocycles. The lowest BCUT2D eigenvalue weighted by atomic mass is 9.72. The van der Waals surface area contributed by atoms with Crippen LogP contribution in [0.3, 0.4) is 0 Å². The zero-order chi connectivity index (χ0) is 23.4. The number of hydrogen-bond donors (Lipinski definition) is 0. The summed E-state index contributed by atoms with van der Waals surface area (Å²) in [5.74, 6) is -0.927. The van der Waals surface area contributed by atoms with E-state index in [0.717, 1.165) is 5.56 Å². The largest absolute Gasteiger partial charge is 0.460 e. The van der Waals surface area contributed by atoms with E-state index in [0.29, 0.717) is 42.5 Å². The lowest BCUT2D eigenvalue weighted by Crippen LogP contribution is -2.49. The van der Waals surface area contributed by atoms with Crippen LogP contribution in [0.25, 0.3) is 11.0 Å². The van der Waals surface area contributed by atoms with E-state index in [1.165, 1.54) is 6.92 Å². The Morgan fingerprint density at radius 3 is 2.30 bits per heavy atom. The molecule has 0 atom stereocenters. The number of nitrogens with zero attached hydrogens (tertiary/aromatic N) is 1. The Morgan fingerprint density at radius 2 is 1.64 bits per heavy atom. The topological polar surface area (TPSA) is 86.1 Å². The molecule has 33 heavy (non-hydrogen) atoms. The molecule has 1 fully saturated rings. The fraction of sp³-hybridized carbons (Fsp3) is 0.346. The Hall–Kier alpha value is -3.61. The minimum Gasteiger partial charge on any atom is -0.460 e. The smallest absolute Gasteiger partial charge is 0.374 e. The molecule has 1 aliphatic heterocycles. The average molecular weight is 450 g/mol. The van der Waals surface area contributed by atoms with Crippen LogP contribution in [0.2, 0.25) is 0 Å². The maximum Gasteiger partial charge on any atom is 0.374 e. The van der Waals surface area contributed by atoms with E-state index in [9.17, 15) is 14.4 Å². The third-order valence-corrected chi connectivity index (χ3v) is 6.29. The van der Waals surface area contributed by atoms with Gasteiger partial charge in [-0.15, -0.1) is 0 Å². The first kappa shape index (κ1) is 22.6. The summed E-state index contributed by atoms with van der Waals surface area (Å²) in [6.07, 6.45) is 0.929. The molecule has 0 N–H and O–H groups in total. The predicted octanol–water partition coefficient (Wildman–Crippen LogP) is 4.23. The number of ether oxygens (including phenoxy) is 2. The number of esters is 2. The van der Waals surface area contributed by atoms with Crippen LogP contribution >= 0.6 is 0 Å². The molecule has 0 spiro atoms. The molecule has 0 saturated carbocycles. The van der Waals surface area contributed by atoms with Crippen molar-refractivity contribution in [3.05, 3.63) is 71.5 Å². The van der Waals surface area contributed by atoms with E-state index in [1.54, 1.807) is 17.9 Å². The second kappa shape index (κ2) is 9.48. The zero-order valence-electron chi connectivity index (χ0n) is 18.8. The van der Waals surface area contributed by atoms with Gasteiger partial charge in [-0.2, -0.15) is 0 Å². The first-order valence-electron chi connectivity index (χ1n) is 11.1. The van der Waals surface area contributed by atoms with Gasteiger partial charge < -0.3 is 18.8 Å². The summed E-state index contributed by atoms with van der Waals surface area (Å²) < 4.78 is 16.7. The van der Waals surface area contributed by atoms with E-state index in [4.69, 9.17) is 13.9 Å². The summed E-state index contributed by atoms with van der Waals surface area (Å²) in [7, 11) is 0. The second-order valence-electron chi connectivity index (χ2n) is 8.16. The molecule has 1 saturated heterocycles. The van der Waals surface area contributed by atoms with Gasteiger partial charge in [0.2, 0.25) is 11.7 Å². The molecular formula is C26H27NO6. The molecule has 2 aromatic carbocycles. The van der Waals surface area contributed by atoms with Crippen LogP contribution in [-0.4, -0.2) is 42.4 Å². The highest BCUT2D eigenvalue weighted by atomic mass is 16.5. The average Bonchev–Trinajstić information content (AvgIpc) is 3.22. The maximum absolute atomic E-state index is 13.6. The van der Waals surface area contributed by atoms with E-state index >= 15 is 0 Å². The van der Waals surface area contributed by atoms with Gasteiger partial charge in [0.25, 0.3) is 0 Å². The van der Waals surface area contributed by atoms with Crippen LogP contribution in [0.15, 0.2) is 59.0 Å². The number of rotatable bonds is 6. The summed E-state index contributed by atoms with van der Waals surface area (Å²) in [5.41, 5.74) is 1.01. The van der Waals surface area contributed by atoms with Gasteiger partial charge in [-0.3, -0.25) is 9.59 Å². The molecule has 1 amide bonds. The van der Waals surface area contributed by atoms with Gasteiger partial charge in [0.1, 0.15) is 12.2 Å². The monoisotopic (exact) mass is 449 g/mol. The number of hydrogen-bond acceptors (Lipinski definition) is 6. The molecule has 7 nitrogen and oxygen atoms in total. The summed E-state index contributed by atoms with van der Waals surface area (Å²) in [6, 6.07) is 16.7. The Labute approximate surface area is 192 Å². The van der Waals surface area contributed by atoms with Gasteiger partial charge in [0, 0.05) is 25.4 Å². The highest BCUT2D eigenvalue weighted by Gasteiger charge is 2.45. The highest BCUT2D eigenvalue weighted by Crippen LogP contribution is 2.38. The summed E-state index contributed by atoms with van der Waals surface area (Å²) >= 11 is 0. The number of piperidine rings is 1. The molecule has 172 valence electrons. The number of amides is 1. The number of furan rings is 1. The van der Waals surface area contributed by atoms with Gasteiger partial charge >= 0.3 is 11.9 Å². The fourth-order valence-corrected chi connectivity index (χ4v) is 4.45. The van der Waals surface area contributed by atoms with Crippen LogP contribution < -0.4 is 0 Å². The summed E-state index contributed by atoms with van der Waals surface area (Å²) in [5, 5.41) is 0.702. The molecular weight excluding hydrogens is 422 g/mol. The lowest BCUT2D eigenvalue weighted by molar-refractivity contribution is -0.155. The van der Waals surface area contributed by atoms with E-state index in [1.807, 2.05) is 48.5 Å². The van der Waals surface area contributed by atoms with Crippen molar-refractivity contribution >= 4 is 28.8 Å². The van der Waals surface area contributed by atoms with E-state index in [2.05, 4.69) is 0 Å². The molecule has 7 heteroatoms. The molecule has 1 aliphatic rings. The van der Waals surface area contributed by atoms with Crippen LogP contribution in [-0.2, 0) is 31.1 Å². The summed E-state index contributed by atoms with van der Waals surface area (Å²) in [4.78, 5) is 39.6. The number of likely N-dealkylation sites (tertiary alicyclic amines) is 1. The highest BCUT2D eigenvalue weighted by molar-refractivity contribution is 5.96. The molecule has 4 rings (SSSR count). The van der Waals surface area contributed by atoms with Crippen LogP contribution in [0.1, 0.15) is 48.4 Å². The molecule has 1 aromatic heterocycles. The standard InChI is InChI=1S/C26H27NO6/c1-3-31-24(29)23-21(20-11-7-8-12-22(20)33-23)17-32-25(30)26(19-9-5-4-6-10-19)13-15-27(16-14-26)18(2)28/h4-12H,3,13-17H2,1-2H3. The van der Waals surface area contributed by atoms with Gasteiger partial charge in [0.15, 0.2) is 0 Å². The Morgan fingerprint density at radius 1 is 0.970 bits per heavy atom. The Kier molecular flexibility index (Phi) is 6.49. The van der Waals surface area contributed by atoms with Crippen LogP contribution in [0.4, 0.5) is 0 Å². The van der Waals surface area contributed by atoms with Crippen molar-refractivity contribution in [2.24, 2.45) is 0 Å². The first-order valence-corrected chi connectivity index (χ1v) is 11.1. The van der Waals surface area contributed by atoms with E-state index in [-0.39, 0.29) is 30.9 Å². The Bertz CT molecular complexity index is 1160. The van der Waals surface area contributed by atoms with Crippen molar-refractivity contribution in [3.8, 4) is 0 Å². The van der Waals surface area contributed by atoms with Crippen molar-refractivity contribution in [3.63, 3.8) is 0 Å². The first-order chi connectivity index (χ1) is 16.0. The third-order valence-electron chi connectivity index (χ3n) is 6.29. The number of benzene rings is 2. The van der Waals surface area contributed by atoms with Crippen LogP contribution in [0.5, 0.6) is 0 Å². The van der Waals surface area contributed by atoms with Crippen molar-refractivity contribution in [2.75, 3.05) is 19.7 Å².